The number of fused-ring (bicyclic) bond motifs is 1. The quantitative estimate of drug-likeness (QED) is 0.873. The Kier molecular flexibility index (Phi) is 5.63. The molecule has 0 bridgehead atoms. The lowest BCUT2D eigenvalue weighted by molar-refractivity contribution is 0.0897. The molecular formula is C19H24N2O2S. The van der Waals surface area contributed by atoms with Crippen molar-refractivity contribution in [3.05, 3.63) is 59.0 Å². The summed E-state index contributed by atoms with van der Waals surface area (Å²) >= 11 is 1.68. The van der Waals surface area contributed by atoms with Crippen LogP contribution in [-0.4, -0.2) is 36.2 Å². The molecule has 2 heterocycles. The van der Waals surface area contributed by atoms with Gasteiger partial charge in [-0.15, -0.1) is 0 Å². The SMILES string of the molecule is CSCc1ccc(C(=O)N[C@H](C)CN2CCc3ccccc3C2)o1. The third-order valence-electron chi connectivity index (χ3n) is 4.29. The van der Waals surface area contributed by atoms with E-state index in [2.05, 4.69) is 34.5 Å². The second kappa shape index (κ2) is 7.90. The molecule has 1 aromatic carbocycles. The summed E-state index contributed by atoms with van der Waals surface area (Å²) in [5.41, 5.74) is 2.84. The van der Waals surface area contributed by atoms with Crippen LogP contribution in [0.5, 0.6) is 0 Å². The van der Waals surface area contributed by atoms with Gasteiger partial charge in [0, 0.05) is 25.7 Å². The van der Waals surface area contributed by atoms with Crippen LogP contribution < -0.4 is 5.32 Å². The predicted molar refractivity (Wildman–Crippen MR) is 98.3 cm³/mol. The zero-order valence-electron chi connectivity index (χ0n) is 14.2. The Morgan fingerprint density at radius 1 is 1.29 bits per heavy atom. The predicted octanol–water partition coefficient (Wildman–Crippen LogP) is 3.32. The molecular weight excluding hydrogens is 320 g/mol. The van der Waals surface area contributed by atoms with Crippen molar-refractivity contribution in [3.8, 4) is 0 Å². The Morgan fingerprint density at radius 2 is 2.08 bits per heavy atom. The van der Waals surface area contributed by atoms with Crippen LogP contribution in [0.15, 0.2) is 40.8 Å². The van der Waals surface area contributed by atoms with E-state index >= 15 is 0 Å². The molecule has 1 aliphatic heterocycles. The first-order valence-corrected chi connectivity index (χ1v) is 9.72. The highest BCUT2D eigenvalue weighted by molar-refractivity contribution is 7.97. The van der Waals surface area contributed by atoms with Crippen LogP contribution in [0, 0.1) is 0 Å². The van der Waals surface area contributed by atoms with Crippen molar-refractivity contribution >= 4 is 17.7 Å². The second-order valence-corrected chi connectivity index (χ2v) is 7.19. The molecule has 0 aliphatic carbocycles. The van der Waals surface area contributed by atoms with Crippen LogP contribution in [0.4, 0.5) is 0 Å². The molecule has 0 radical (unpaired) electrons. The molecule has 128 valence electrons. The fourth-order valence-electron chi connectivity index (χ4n) is 3.16. The minimum Gasteiger partial charge on any atom is -0.455 e. The van der Waals surface area contributed by atoms with Gasteiger partial charge in [-0.3, -0.25) is 9.69 Å². The largest absolute Gasteiger partial charge is 0.455 e. The van der Waals surface area contributed by atoms with Gasteiger partial charge in [-0.2, -0.15) is 11.8 Å². The van der Waals surface area contributed by atoms with Crippen LogP contribution in [0.1, 0.15) is 34.4 Å². The first-order valence-electron chi connectivity index (χ1n) is 8.33. The third kappa shape index (κ3) is 4.22. The number of carbonyl (C=O) groups excluding carboxylic acids is 1. The van der Waals surface area contributed by atoms with Gasteiger partial charge in [-0.1, -0.05) is 24.3 Å². The molecule has 3 rings (SSSR count). The lowest BCUT2D eigenvalue weighted by Crippen LogP contribution is -2.43. The summed E-state index contributed by atoms with van der Waals surface area (Å²) in [6.07, 6.45) is 3.09. The van der Waals surface area contributed by atoms with Crippen LogP contribution in [0.2, 0.25) is 0 Å². The maximum Gasteiger partial charge on any atom is 0.287 e. The van der Waals surface area contributed by atoms with E-state index in [1.54, 1.807) is 17.8 Å². The fourth-order valence-corrected chi connectivity index (χ4v) is 3.60. The Bertz CT molecular complexity index is 698. The van der Waals surface area contributed by atoms with Gasteiger partial charge in [0.15, 0.2) is 5.76 Å². The van der Waals surface area contributed by atoms with E-state index in [1.165, 1.54) is 11.1 Å². The molecule has 0 unspecified atom stereocenters. The molecule has 0 fully saturated rings. The van der Waals surface area contributed by atoms with Crippen LogP contribution in [0.3, 0.4) is 0 Å². The summed E-state index contributed by atoms with van der Waals surface area (Å²) in [6, 6.07) is 12.3. The molecule has 1 aromatic heterocycles. The minimum absolute atomic E-state index is 0.0804. The number of hydrogen-bond acceptors (Lipinski definition) is 4. The molecule has 0 saturated heterocycles. The van der Waals surface area contributed by atoms with Crippen LogP contribution in [-0.2, 0) is 18.7 Å². The van der Waals surface area contributed by atoms with E-state index in [0.717, 1.165) is 37.6 Å². The number of thioether (sulfide) groups is 1. The highest BCUT2D eigenvalue weighted by Crippen LogP contribution is 2.18. The molecule has 5 heteroatoms. The van der Waals surface area contributed by atoms with E-state index < -0.39 is 0 Å². The molecule has 1 N–H and O–H groups in total. The zero-order chi connectivity index (χ0) is 16.9. The summed E-state index contributed by atoms with van der Waals surface area (Å²) < 4.78 is 5.58. The van der Waals surface area contributed by atoms with Gasteiger partial charge in [-0.05, 0) is 42.9 Å². The van der Waals surface area contributed by atoms with Gasteiger partial charge in [0.2, 0.25) is 0 Å². The molecule has 1 atom stereocenters. The van der Waals surface area contributed by atoms with E-state index in [4.69, 9.17) is 4.42 Å². The molecule has 2 aromatic rings. The molecule has 0 spiro atoms. The molecule has 4 nitrogen and oxygen atoms in total. The average Bonchev–Trinajstić information content (AvgIpc) is 3.04. The van der Waals surface area contributed by atoms with Crippen LogP contribution in [0.25, 0.3) is 0 Å². The monoisotopic (exact) mass is 344 g/mol. The fraction of sp³-hybridized carbons (Fsp3) is 0.421. The summed E-state index contributed by atoms with van der Waals surface area (Å²) in [6.45, 7) is 4.88. The molecule has 0 saturated carbocycles. The van der Waals surface area contributed by atoms with Gasteiger partial charge < -0.3 is 9.73 Å². The van der Waals surface area contributed by atoms with E-state index in [-0.39, 0.29) is 11.9 Å². The Hall–Kier alpha value is -1.72. The number of benzene rings is 1. The molecule has 1 amide bonds. The number of nitrogens with one attached hydrogen (secondary N) is 1. The Morgan fingerprint density at radius 3 is 2.88 bits per heavy atom. The second-order valence-electron chi connectivity index (χ2n) is 6.33. The van der Waals surface area contributed by atoms with Gasteiger partial charge >= 0.3 is 0 Å². The Balaban J connectivity index is 1.52. The van der Waals surface area contributed by atoms with Crippen LogP contribution >= 0.6 is 11.8 Å². The number of nitrogens with zero attached hydrogens (tertiary/aromatic N) is 1. The van der Waals surface area contributed by atoms with Crippen molar-refractivity contribution < 1.29 is 9.21 Å². The number of furan rings is 1. The molecule has 24 heavy (non-hydrogen) atoms. The highest BCUT2D eigenvalue weighted by Gasteiger charge is 2.19. The van der Waals surface area contributed by atoms with Gasteiger partial charge in [0.1, 0.15) is 5.76 Å². The van der Waals surface area contributed by atoms with Crippen molar-refractivity contribution in [1.29, 1.82) is 0 Å². The lowest BCUT2D eigenvalue weighted by atomic mass is 10.00. The molecule has 1 aliphatic rings. The van der Waals surface area contributed by atoms with Crippen molar-refractivity contribution in [2.45, 2.75) is 31.7 Å². The van der Waals surface area contributed by atoms with E-state index in [0.29, 0.717) is 5.76 Å². The first kappa shape index (κ1) is 17.1. The topological polar surface area (TPSA) is 45.5 Å². The first-order chi connectivity index (χ1) is 11.7. The van der Waals surface area contributed by atoms with Crippen molar-refractivity contribution in [2.75, 3.05) is 19.3 Å². The number of amides is 1. The number of carbonyl (C=O) groups is 1. The lowest BCUT2D eigenvalue weighted by Gasteiger charge is -2.30. The summed E-state index contributed by atoms with van der Waals surface area (Å²) in [4.78, 5) is 14.7. The smallest absolute Gasteiger partial charge is 0.287 e. The standard InChI is InChI=1S/C19H24N2O2S/c1-14(20-19(22)18-8-7-17(23-18)13-24-2)11-21-10-9-15-5-3-4-6-16(15)12-21/h3-8,14H,9-13H2,1-2H3,(H,20,22)/t14-/m1/s1. The van der Waals surface area contributed by atoms with Gasteiger partial charge in [0.05, 0.1) is 5.75 Å². The van der Waals surface area contributed by atoms with Crippen molar-refractivity contribution in [3.63, 3.8) is 0 Å². The number of hydrogen-bond donors (Lipinski definition) is 1. The number of rotatable bonds is 6. The minimum atomic E-state index is -0.132. The third-order valence-corrected chi connectivity index (χ3v) is 4.86. The maximum absolute atomic E-state index is 12.3. The van der Waals surface area contributed by atoms with Gasteiger partial charge in [0.25, 0.3) is 5.91 Å². The summed E-state index contributed by atoms with van der Waals surface area (Å²) in [7, 11) is 0. The van der Waals surface area contributed by atoms with Crippen molar-refractivity contribution in [1.82, 2.24) is 10.2 Å². The Labute approximate surface area is 147 Å². The van der Waals surface area contributed by atoms with E-state index in [9.17, 15) is 4.79 Å². The van der Waals surface area contributed by atoms with E-state index in [1.807, 2.05) is 19.2 Å². The van der Waals surface area contributed by atoms with Crippen molar-refractivity contribution in [2.24, 2.45) is 0 Å². The summed E-state index contributed by atoms with van der Waals surface area (Å²) in [5.74, 6) is 1.89. The average molecular weight is 344 g/mol. The zero-order valence-corrected chi connectivity index (χ0v) is 15.1. The normalized spacial score (nSPS) is 15.8. The van der Waals surface area contributed by atoms with Gasteiger partial charge in [-0.25, -0.2) is 0 Å². The highest BCUT2D eigenvalue weighted by atomic mass is 32.2. The maximum atomic E-state index is 12.3. The summed E-state index contributed by atoms with van der Waals surface area (Å²) in [5, 5.41) is 3.04.